The molecule has 1 aliphatic heterocycles. The van der Waals surface area contributed by atoms with Gasteiger partial charge in [0, 0.05) is 28.2 Å². The summed E-state index contributed by atoms with van der Waals surface area (Å²) in [6, 6.07) is 14.5. The molecule has 0 atom stereocenters. The fraction of sp³-hybridized carbons (Fsp3) is 0.276. The number of sulfonamides is 1. The van der Waals surface area contributed by atoms with Crippen LogP contribution in [-0.2, 0) is 29.1 Å². The Kier molecular flexibility index (Phi) is 9.02. The van der Waals surface area contributed by atoms with Crippen LogP contribution >= 0.6 is 23.2 Å². The van der Waals surface area contributed by atoms with Crippen molar-refractivity contribution in [3.05, 3.63) is 77.0 Å². The Hall–Kier alpha value is -3.64. The van der Waals surface area contributed by atoms with Crippen molar-refractivity contribution in [3.63, 3.8) is 0 Å². The fourth-order valence-electron chi connectivity index (χ4n) is 4.57. The van der Waals surface area contributed by atoms with E-state index in [4.69, 9.17) is 32.7 Å². The number of rotatable bonds is 10. The van der Waals surface area contributed by atoms with Gasteiger partial charge in [-0.3, -0.25) is 13.9 Å². The number of fused-ring (bicyclic) bond motifs is 1. The molecule has 0 spiro atoms. The highest BCUT2D eigenvalue weighted by Crippen LogP contribution is 2.31. The zero-order chi connectivity index (χ0) is 29.9. The molecule has 42 heavy (non-hydrogen) atoms. The number of unbranched alkanes of at least 4 members (excludes halogenated alkanes) is 1. The Morgan fingerprint density at radius 3 is 2.57 bits per heavy atom. The first kappa shape index (κ1) is 29.8. The van der Waals surface area contributed by atoms with Crippen LogP contribution < -0.4 is 9.21 Å². The molecule has 3 heterocycles. The minimum absolute atomic E-state index is 0.0415. The topological polar surface area (TPSA) is 111 Å². The summed E-state index contributed by atoms with van der Waals surface area (Å²) < 4.78 is 40.9. The molecule has 4 aromatic rings. The molecule has 0 bridgehead atoms. The van der Waals surface area contributed by atoms with Crippen molar-refractivity contribution in [1.82, 2.24) is 9.55 Å². The summed E-state index contributed by atoms with van der Waals surface area (Å²) in [6.07, 6.45) is 4.94. The van der Waals surface area contributed by atoms with Gasteiger partial charge >= 0.3 is 5.97 Å². The molecule has 2 aromatic carbocycles. The fourth-order valence-corrected chi connectivity index (χ4v) is 6.70. The zero-order valence-corrected chi connectivity index (χ0v) is 25.0. The quantitative estimate of drug-likeness (QED) is 0.174. The van der Waals surface area contributed by atoms with E-state index < -0.39 is 22.5 Å². The number of amides is 1. The predicted octanol–water partition coefficient (Wildman–Crippen LogP) is 5.23. The Morgan fingerprint density at radius 2 is 1.88 bits per heavy atom. The van der Waals surface area contributed by atoms with Crippen LogP contribution in [0, 0.1) is 0 Å². The number of carbonyl (C=O) groups is 2. The maximum absolute atomic E-state index is 13.8. The number of carbonyl (C=O) groups excluding carboxylic acids is 2. The van der Waals surface area contributed by atoms with E-state index in [9.17, 15) is 18.0 Å². The van der Waals surface area contributed by atoms with Crippen LogP contribution in [0.2, 0.25) is 10.0 Å². The normalized spacial score (nSPS) is 13.9. The van der Waals surface area contributed by atoms with Crippen LogP contribution in [0.5, 0.6) is 0 Å². The molecule has 5 rings (SSSR count). The van der Waals surface area contributed by atoms with Crippen molar-refractivity contribution >= 4 is 67.4 Å². The number of pyridine rings is 1. The van der Waals surface area contributed by atoms with Gasteiger partial charge in [0.2, 0.25) is 0 Å². The zero-order valence-electron chi connectivity index (χ0n) is 22.7. The number of aromatic nitrogens is 2. The molecule has 0 saturated carbocycles. The van der Waals surface area contributed by atoms with Gasteiger partial charge in [-0.2, -0.15) is 0 Å². The number of benzene rings is 2. The van der Waals surface area contributed by atoms with Crippen LogP contribution in [0.3, 0.4) is 0 Å². The summed E-state index contributed by atoms with van der Waals surface area (Å²) in [4.78, 5) is 30.9. The molecule has 0 N–H and O–H groups in total. The number of hydrogen-bond acceptors (Lipinski definition) is 7. The molecule has 0 aliphatic carbocycles. The first-order chi connectivity index (χ1) is 20.2. The highest BCUT2D eigenvalue weighted by molar-refractivity contribution is 7.92. The minimum atomic E-state index is -4.26. The van der Waals surface area contributed by atoms with E-state index >= 15 is 0 Å². The van der Waals surface area contributed by atoms with Crippen molar-refractivity contribution in [2.24, 2.45) is 0 Å². The van der Waals surface area contributed by atoms with Gasteiger partial charge in [-0.25, -0.2) is 13.4 Å². The van der Waals surface area contributed by atoms with E-state index in [2.05, 4.69) is 4.98 Å². The van der Waals surface area contributed by atoms with Gasteiger partial charge in [0.15, 0.2) is 0 Å². The second kappa shape index (κ2) is 12.7. The van der Waals surface area contributed by atoms with Crippen LogP contribution in [-0.4, -0.2) is 62.8 Å². The largest absolute Gasteiger partial charge is 0.464 e. The second-order valence-corrected chi connectivity index (χ2v) is 12.3. The first-order valence-corrected chi connectivity index (χ1v) is 15.5. The van der Waals surface area contributed by atoms with Crippen molar-refractivity contribution < 1.29 is 27.5 Å². The van der Waals surface area contributed by atoms with Crippen LogP contribution in [0.4, 0.5) is 11.4 Å². The monoisotopic (exact) mass is 630 g/mol. The minimum Gasteiger partial charge on any atom is -0.464 e. The molecule has 10 nitrogen and oxygen atoms in total. The van der Waals surface area contributed by atoms with Crippen LogP contribution in [0.15, 0.2) is 71.9 Å². The average Bonchev–Trinajstić information content (AvgIpc) is 3.39. The van der Waals surface area contributed by atoms with E-state index in [-0.39, 0.29) is 39.7 Å². The van der Waals surface area contributed by atoms with Gasteiger partial charge in [-0.15, -0.1) is 0 Å². The number of halogens is 2. The lowest BCUT2D eigenvalue weighted by Gasteiger charge is -2.26. The first-order valence-electron chi connectivity index (χ1n) is 13.3. The van der Waals surface area contributed by atoms with Gasteiger partial charge in [0.05, 0.1) is 41.2 Å². The summed E-state index contributed by atoms with van der Waals surface area (Å²) in [5, 5.41) is 1.01. The van der Waals surface area contributed by atoms with Gasteiger partial charge in [0.25, 0.3) is 15.9 Å². The summed E-state index contributed by atoms with van der Waals surface area (Å²) >= 11 is 12.2. The van der Waals surface area contributed by atoms with Crippen molar-refractivity contribution in [2.75, 3.05) is 42.1 Å². The maximum Gasteiger partial charge on any atom is 0.326 e. The molecule has 0 unspecified atom stereocenters. The van der Waals surface area contributed by atoms with Crippen molar-refractivity contribution in [1.29, 1.82) is 0 Å². The van der Waals surface area contributed by atoms with E-state index in [1.54, 1.807) is 35.4 Å². The molecule has 13 heteroatoms. The lowest BCUT2D eigenvalue weighted by Crippen LogP contribution is -2.41. The summed E-state index contributed by atoms with van der Waals surface area (Å²) in [7, 11) is -4.26. The SMILES string of the molecule is CCCCOC(=O)CN(c1ccc2c(ccn2-c2ccc(N3CCOCC3=O)cn2)c1)S(=O)(=O)c1cc(Cl)cc(Cl)c1. The number of ether oxygens (including phenoxy) is 2. The van der Waals surface area contributed by atoms with Gasteiger partial charge in [0.1, 0.15) is 19.0 Å². The highest BCUT2D eigenvalue weighted by atomic mass is 35.5. The molecule has 1 fully saturated rings. The molecule has 1 saturated heterocycles. The summed E-state index contributed by atoms with van der Waals surface area (Å²) in [5.41, 5.74) is 1.70. The van der Waals surface area contributed by atoms with Crippen molar-refractivity contribution in [2.45, 2.75) is 24.7 Å². The number of hydrogen-bond donors (Lipinski definition) is 0. The smallest absolute Gasteiger partial charge is 0.326 e. The lowest BCUT2D eigenvalue weighted by atomic mass is 10.2. The molecule has 1 aliphatic rings. The number of morpholine rings is 1. The van der Waals surface area contributed by atoms with Crippen LogP contribution in [0.25, 0.3) is 16.7 Å². The third kappa shape index (κ3) is 6.39. The Bertz CT molecular complexity index is 1710. The molecule has 0 radical (unpaired) electrons. The number of nitrogens with zero attached hydrogens (tertiary/aromatic N) is 4. The summed E-state index contributed by atoms with van der Waals surface area (Å²) in [6.45, 7) is 2.59. The Balaban J connectivity index is 1.48. The van der Waals surface area contributed by atoms with E-state index in [0.29, 0.717) is 36.5 Å². The third-order valence-corrected chi connectivity index (χ3v) is 8.88. The van der Waals surface area contributed by atoms with E-state index in [0.717, 1.165) is 16.2 Å². The standard InChI is InChI=1S/C29H28Cl2N4O6S/c1-2-3-11-41-29(37)18-35(42(38,39)25-15-21(30)14-22(31)16-25)23-4-6-26-20(13-23)8-9-34(26)27-7-5-24(17-32-27)33-10-12-40-19-28(33)36/h4-9,13-17H,2-3,10-12,18-19H2,1H3. The Labute approximate surface area is 253 Å². The average molecular weight is 632 g/mol. The highest BCUT2D eigenvalue weighted by Gasteiger charge is 2.29. The molecular formula is C29H28Cl2N4O6S. The maximum atomic E-state index is 13.8. The number of esters is 1. The Morgan fingerprint density at radius 1 is 1.10 bits per heavy atom. The second-order valence-electron chi connectivity index (χ2n) is 9.59. The van der Waals surface area contributed by atoms with Gasteiger partial charge < -0.3 is 18.9 Å². The van der Waals surface area contributed by atoms with Gasteiger partial charge in [-0.1, -0.05) is 36.5 Å². The molecule has 220 valence electrons. The lowest BCUT2D eigenvalue weighted by molar-refractivity contribution is -0.141. The summed E-state index contributed by atoms with van der Waals surface area (Å²) in [5.74, 6) is -0.191. The van der Waals surface area contributed by atoms with E-state index in [1.807, 2.05) is 29.8 Å². The molecular weight excluding hydrogens is 603 g/mol. The van der Waals surface area contributed by atoms with E-state index in [1.165, 1.54) is 18.2 Å². The predicted molar refractivity (Wildman–Crippen MR) is 161 cm³/mol. The third-order valence-electron chi connectivity index (χ3n) is 6.70. The van der Waals surface area contributed by atoms with Crippen LogP contribution in [0.1, 0.15) is 19.8 Å². The van der Waals surface area contributed by atoms with Crippen molar-refractivity contribution in [3.8, 4) is 5.82 Å². The number of anilines is 2. The molecule has 2 aromatic heterocycles. The van der Waals surface area contributed by atoms with Gasteiger partial charge in [-0.05, 0) is 61.0 Å². The molecule has 1 amide bonds.